The number of carbonyl (C=O) groups excluding carboxylic acids is 2. The zero-order valence-corrected chi connectivity index (χ0v) is 20.3. The second kappa shape index (κ2) is 11.5. The third-order valence-electron chi connectivity index (χ3n) is 5.67. The van der Waals surface area contributed by atoms with E-state index in [1.165, 1.54) is 10.4 Å². The molecule has 6 nitrogen and oxygen atoms in total. The number of aryl methyl sites for hydroxylation is 1. The number of rotatable bonds is 10. The molecule has 0 saturated carbocycles. The van der Waals surface area contributed by atoms with Gasteiger partial charge < -0.3 is 19.3 Å². The van der Waals surface area contributed by atoms with E-state index in [1.807, 2.05) is 49.9 Å². The average molecular weight is 459 g/mol. The number of nitrogens with zero attached hydrogens (tertiary/aromatic N) is 2. The van der Waals surface area contributed by atoms with Crippen LogP contribution in [-0.2, 0) is 20.7 Å². The Kier molecular flexibility index (Phi) is 8.70. The minimum atomic E-state index is -0.164. The van der Waals surface area contributed by atoms with Crippen molar-refractivity contribution in [2.45, 2.75) is 39.7 Å². The summed E-state index contributed by atoms with van der Waals surface area (Å²) in [6.07, 6.45) is 1.25. The maximum atomic E-state index is 13.4. The van der Waals surface area contributed by atoms with Crippen LogP contribution in [0.5, 0.6) is 5.75 Å². The number of carbonyl (C=O) groups is 2. The van der Waals surface area contributed by atoms with Crippen molar-refractivity contribution in [3.05, 3.63) is 51.7 Å². The Balaban J connectivity index is 1.74. The van der Waals surface area contributed by atoms with Crippen LogP contribution in [-0.4, -0.2) is 61.6 Å². The maximum absolute atomic E-state index is 13.4. The number of thiophene rings is 1. The highest BCUT2D eigenvalue weighted by Gasteiger charge is 2.33. The predicted octanol–water partition coefficient (Wildman–Crippen LogP) is 4.08. The molecule has 2 amide bonds. The Morgan fingerprint density at radius 1 is 1.22 bits per heavy atom. The Morgan fingerprint density at radius 3 is 2.66 bits per heavy atom. The van der Waals surface area contributed by atoms with E-state index < -0.39 is 0 Å². The van der Waals surface area contributed by atoms with Crippen LogP contribution in [0.3, 0.4) is 0 Å². The summed E-state index contributed by atoms with van der Waals surface area (Å²) >= 11 is 1.73. The summed E-state index contributed by atoms with van der Waals surface area (Å²) in [6.45, 7) is 7.96. The van der Waals surface area contributed by atoms with Gasteiger partial charge in [-0.25, -0.2) is 0 Å². The lowest BCUT2D eigenvalue weighted by Crippen LogP contribution is -2.48. The Bertz CT molecular complexity index is 894. The van der Waals surface area contributed by atoms with Gasteiger partial charge in [0.2, 0.25) is 11.8 Å². The summed E-state index contributed by atoms with van der Waals surface area (Å²) in [5.41, 5.74) is 2.33. The first-order valence-corrected chi connectivity index (χ1v) is 12.1. The highest BCUT2D eigenvalue weighted by Crippen LogP contribution is 2.34. The minimum Gasteiger partial charge on any atom is -0.491 e. The van der Waals surface area contributed by atoms with Gasteiger partial charge in [0.05, 0.1) is 19.2 Å². The van der Waals surface area contributed by atoms with E-state index in [1.54, 1.807) is 23.3 Å². The molecule has 7 heteroatoms. The zero-order valence-electron chi connectivity index (χ0n) is 19.5. The van der Waals surface area contributed by atoms with Crippen LogP contribution in [0.4, 0.5) is 0 Å². The van der Waals surface area contributed by atoms with Crippen LogP contribution in [0.1, 0.15) is 42.3 Å². The number of hydrogen-bond acceptors (Lipinski definition) is 5. The van der Waals surface area contributed by atoms with Gasteiger partial charge in [0.15, 0.2) is 0 Å². The van der Waals surface area contributed by atoms with E-state index in [0.29, 0.717) is 32.7 Å². The van der Waals surface area contributed by atoms with Crippen molar-refractivity contribution < 1.29 is 19.1 Å². The molecular formula is C25H34N2O4S. The number of fused-ring (bicyclic) bond motifs is 1. The molecule has 0 N–H and O–H groups in total. The number of ether oxygens (including phenoxy) is 2. The lowest BCUT2D eigenvalue weighted by atomic mass is 10.00. The Morgan fingerprint density at radius 2 is 1.97 bits per heavy atom. The fraction of sp³-hybridized carbons (Fsp3) is 0.520. The van der Waals surface area contributed by atoms with Crippen LogP contribution >= 0.6 is 11.3 Å². The molecule has 0 saturated heterocycles. The Labute approximate surface area is 195 Å². The fourth-order valence-electron chi connectivity index (χ4n) is 3.91. The second-order valence-electron chi connectivity index (χ2n) is 8.68. The van der Waals surface area contributed by atoms with E-state index in [0.717, 1.165) is 17.7 Å². The molecule has 0 spiro atoms. The highest BCUT2D eigenvalue weighted by atomic mass is 32.1. The van der Waals surface area contributed by atoms with Gasteiger partial charge in [-0.3, -0.25) is 9.59 Å². The van der Waals surface area contributed by atoms with Crippen LogP contribution in [0.25, 0.3) is 0 Å². The Hall–Kier alpha value is -2.38. The molecule has 0 fully saturated rings. The van der Waals surface area contributed by atoms with Gasteiger partial charge >= 0.3 is 0 Å². The van der Waals surface area contributed by atoms with E-state index in [-0.39, 0.29) is 30.3 Å². The van der Waals surface area contributed by atoms with Gasteiger partial charge in [-0.15, -0.1) is 11.3 Å². The van der Waals surface area contributed by atoms with Gasteiger partial charge in [-0.1, -0.05) is 31.5 Å². The first-order valence-electron chi connectivity index (χ1n) is 11.2. The third kappa shape index (κ3) is 6.33. The molecule has 3 rings (SSSR count). The van der Waals surface area contributed by atoms with Gasteiger partial charge in [0.1, 0.15) is 12.4 Å². The molecule has 1 atom stereocenters. The first-order chi connectivity index (χ1) is 15.4. The summed E-state index contributed by atoms with van der Waals surface area (Å²) in [7, 11) is 1.61. The number of methoxy groups -OCH3 is 1. The van der Waals surface area contributed by atoms with Crippen LogP contribution < -0.4 is 4.74 Å². The predicted molar refractivity (Wildman–Crippen MR) is 127 cm³/mol. The topological polar surface area (TPSA) is 59.1 Å². The fourth-order valence-corrected chi connectivity index (χ4v) is 4.84. The van der Waals surface area contributed by atoms with E-state index in [4.69, 9.17) is 9.47 Å². The molecule has 0 aliphatic carbocycles. The maximum Gasteiger partial charge on any atom is 0.242 e. The van der Waals surface area contributed by atoms with Gasteiger partial charge in [-0.2, -0.15) is 0 Å². The van der Waals surface area contributed by atoms with E-state index >= 15 is 0 Å². The number of benzene rings is 1. The standard InChI is InChI=1S/C25H34N2O4S/c1-18(2)15-24(28)26(12-13-30-4)16-25(29)27-11-9-23-21(10-14-32-23)22(27)17-31-20-7-5-19(3)6-8-20/h5-8,10,14,18,22H,9,11-13,15-17H2,1-4H3/t22-/m0/s1. The number of amides is 2. The average Bonchev–Trinajstić information content (AvgIpc) is 3.24. The lowest BCUT2D eigenvalue weighted by Gasteiger charge is -2.37. The van der Waals surface area contributed by atoms with Crippen LogP contribution in [0, 0.1) is 12.8 Å². The van der Waals surface area contributed by atoms with Crippen molar-refractivity contribution in [2.24, 2.45) is 5.92 Å². The second-order valence-corrected chi connectivity index (χ2v) is 9.68. The van der Waals surface area contributed by atoms with Gasteiger partial charge in [-0.05, 0) is 48.4 Å². The summed E-state index contributed by atoms with van der Waals surface area (Å²) in [5, 5.41) is 2.08. The number of hydrogen-bond donors (Lipinski definition) is 0. The quantitative estimate of drug-likeness (QED) is 0.538. The summed E-state index contributed by atoms with van der Waals surface area (Å²) < 4.78 is 11.3. The molecule has 2 aromatic rings. The van der Waals surface area contributed by atoms with Crippen molar-refractivity contribution in [1.29, 1.82) is 0 Å². The van der Waals surface area contributed by atoms with Crippen molar-refractivity contribution in [1.82, 2.24) is 9.80 Å². The molecule has 174 valence electrons. The molecule has 1 aromatic carbocycles. The van der Waals surface area contributed by atoms with Crippen molar-refractivity contribution in [3.63, 3.8) is 0 Å². The van der Waals surface area contributed by atoms with E-state index in [2.05, 4.69) is 11.4 Å². The monoisotopic (exact) mass is 458 g/mol. The zero-order chi connectivity index (χ0) is 23.1. The van der Waals surface area contributed by atoms with Crippen molar-refractivity contribution >= 4 is 23.2 Å². The van der Waals surface area contributed by atoms with Crippen molar-refractivity contribution in [3.8, 4) is 5.75 Å². The van der Waals surface area contributed by atoms with Gasteiger partial charge in [0.25, 0.3) is 0 Å². The molecule has 2 heterocycles. The molecule has 0 unspecified atom stereocenters. The van der Waals surface area contributed by atoms with Crippen molar-refractivity contribution in [2.75, 3.05) is 40.0 Å². The SMILES string of the molecule is COCCN(CC(=O)N1CCc2sccc2[C@@H]1COc1ccc(C)cc1)C(=O)CC(C)C. The largest absolute Gasteiger partial charge is 0.491 e. The van der Waals surface area contributed by atoms with E-state index in [9.17, 15) is 9.59 Å². The molecule has 1 aliphatic rings. The summed E-state index contributed by atoms with van der Waals surface area (Å²) in [6, 6.07) is 9.87. The van der Waals surface area contributed by atoms with Crippen LogP contribution in [0.15, 0.2) is 35.7 Å². The molecular weight excluding hydrogens is 424 g/mol. The molecule has 32 heavy (non-hydrogen) atoms. The molecule has 1 aliphatic heterocycles. The van der Waals surface area contributed by atoms with Crippen LogP contribution in [0.2, 0.25) is 0 Å². The normalized spacial score (nSPS) is 15.5. The lowest BCUT2D eigenvalue weighted by molar-refractivity contribution is -0.143. The minimum absolute atomic E-state index is 0.00825. The summed E-state index contributed by atoms with van der Waals surface area (Å²) in [5.74, 6) is 0.972. The smallest absolute Gasteiger partial charge is 0.242 e. The molecule has 0 radical (unpaired) electrons. The summed E-state index contributed by atoms with van der Waals surface area (Å²) in [4.78, 5) is 30.9. The third-order valence-corrected chi connectivity index (χ3v) is 6.67. The molecule has 0 bridgehead atoms. The van der Waals surface area contributed by atoms with Gasteiger partial charge in [0, 0.05) is 31.5 Å². The first kappa shape index (κ1) is 24.3. The highest BCUT2D eigenvalue weighted by molar-refractivity contribution is 7.10. The molecule has 1 aromatic heterocycles.